The Morgan fingerprint density at radius 1 is 0.829 bits per heavy atom. The van der Waals surface area contributed by atoms with Crippen LogP contribution in [0.25, 0.3) is 16.5 Å². The van der Waals surface area contributed by atoms with Gasteiger partial charge in [-0.25, -0.2) is 4.79 Å². The van der Waals surface area contributed by atoms with E-state index < -0.39 is 12.6 Å². The first-order chi connectivity index (χ1) is 17.1. The highest BCUT2D eigenvalue weighted by molar-refractivity contribution is 6.04. The first kappa shape index (κ1) is 22.7. The van der Waals surface area contributed by atoms with Gasteiger partial charge in [0.05, 0.1) is 11.1 Å². The molecule has 0 unspecified atom stereocenters. The Morgan fingerprint density at radius 2 is 1.49 bits per heavy atom. The fourth-order valence-electron chi connectivity index (χ4n) is 4.74. The lowest BCUT2D eigenvalue weighted by Gasteiger charge is -2.22. The van der Waals surface area contributed by atoms with Crippen molar-refractivity contribution in [3.63, 3.8) is 0 Å². The molecule has 1 fully saturated rings. The van der Waals surface area contributed by atoms with Crippen LogP contribution in [0.1, 0.15) is 64.4 Å². The summed E-state index contributed by atoms with van der Waals surface area (Å²) in [6.07, 6.45) is 6.18. The zero-order chi connectivity index (χ0) is 24.2. The second kappa shape index (κ2) is 10.1. The number of Topliss-reactive ketones (excluding diaryl/α,β-unsaturated/α-hetero) is 1. The summed E-state index contributed by atoms with van der Waals surface area (Å²) >= 11 is 0. The normalized spacial score (nSPS) is 14.1. The van der Waals surface area contributed by atoms with Crippen LogP contribution in [0.3, 0.4) is 0 Å². The Bertz CT molecular complexity index is 1420. The summed E-state index contributed by atoms with van der Waals surface area (Å²) in [5.74, 6) is -0.474. The summed E-state index contributed by atoms with van der Waals surface area (Å²) in [5.41, 5.74) is 1.95. The summed E-state index contributed by atoms with van der Waals surface area (Å²) in [6, 6.07) is 23.3. The van der Waals surface area contributed by atoms with Crippen LogP contribution in [0.15, 0.2) is 83.7 Å². The van der Waals surface area contributed by atoms with E-state index in [2.05, 4.69) is 5.10 Å². The number of carbonyl (C=O) groups excluding carboxylic acids is 2. The van der Waals surface area contributed by atoms with Crippen molar-refractivity contribution in [2.45, 2.75) is 38.0 Å². The Kier molecular flexibility index (Phi) is 6.53. The monoisotopic (exact) mass is 466 g/mol. The molecule has 176 valence electrons. The maximum Gasteiger partial charge on any atom is 0.359 e. The smallest absolute Gasteiger partial charge is 0.359 e. The third-order valence-electron chi connectivity index (χ3n) is 6.64. The van der Waals surface area contributed by atoms with Crippen molar-refractivity contribution in [2.75, 3.05) is 6.61 Å². The molecule has 1 aliphatic carbocycles. The number of fused-ring (bicyclic) bond motifs is 1. The average molecular weight is 467 g/mol. The van der Waals surface area contributed by atoms with Gasteiger partial charge >= 0.3 is 5.97 Å². The fourth-order valence-corrected chi connectivity index (χ4v) is 4.74. The van der Waals surface area contributed by atoms with E-state index in [4.69, 9.17) is 4.74 Å². The highest BCUT2D eigenvalue weighted by atomic mass is 16.5. The molecule has 1 heterocycles. The maximum absolute atomic E-state index is 13.0. The first-order valence-corrected chi connectivity index (χ1v) is 12.0. The van der Waals surface area contributed by atoms with Gasteiger partial charge < -0.3 is 4.74 Å². The van der Waals surface area contributed by atoms with Gasteiger partial charge in [-0.3, -0.25) is 9.59 Å². The molecular formula is C29H26N2O4. The van der Waals surface area contributed by atoms with E-state index in [1.807, 2.05) is 30.3 Å². The molecule has 0 amide bonds. The SMILES string of the molecule is O=C(COC(=O)c1nn(-c2ccccc2)c(=O)c2ccccc12)c1ccc(C2CCCCC2)cc1. The lowest BCUT2D eigenvalue weighted by molar-refractivity contribution is 0.0469. The van der Waals surface area contributed by atoms with Crippen molar-refractivity contribution in [1.82, 2.24) is 9.78 Å². The molecule has 6 nitrogen and oxygen atoms in total. The summed E-state index contributed by atoms with van der Waals surface area (Å²) in [6.45, 7) is -0.401. The minimum atomic E-state index is -0.752. The van der Waals surface area contributed by atoms with Gasteiger partial charge in [-0.2, -0.15) is 9.78 Å². The number of ether oxygens (including phenoxy) is 1. The van der Waals surface area contributed by atoms with Gasteiger partial charge in [0.2, 0.25) is 0 Å². The van der Waals surface area contributed by atoms with Crippen LogP contribution in [0.2, 0.25) is 0 Å². The van der Waals surface area contributed by atoms with E-state index in [1.54, 1.807) is 48.5 Å². The third kappa shape index (κ3) is 4.78. The summed E-state index contributed by atoms with van der Waals surface area (Å²) in [7, 11) is 0. The molecule has 3 aromatic carbocycles. The minimum absolute atomic E-state index is 0.00972. The van der Waals surface area contributed by atoms with Crippen molar-refractivity contribution in [3.05, 3.63) is 106 Å². The molecule has 0 atom stereocenters. The van der Waals surface area contributed by atoms with Crippen LogP contribution >= 0.6 is 0 Å². The topological polar surface area (TPSA) is 78.3 Å². The second-order valence-electron chi connectivity index (χ2n) is 8.90. The van der Waals surface area contributed by atoms with Crippen molar-refractivity contribution in [2.24, 2.45) is 0 Å². The van der Waals surface area contributed by atoms with Crippen molar-refractivity contribution >= 4 is 22.5 Å². The molecule has 0 bridgehead atoms. The van der Waals surface area contributed by atoms with E-state index in [-0.39, 0.29) is 17.0 Å². The molecule has 0 radical (unpaired) electrons. The lowest BCUT2D eigenvalue weighted by atomic mass is 9.84. The Morgan fingerprint density at radius 3 is 2.20 bits per heavy atom. The number of carbonyl (C=O) groups is 2. The van der Waals surface area contributed by atoms with Crippen LogP contribution in [0.4, 0.5) is 0 Å². The number of aromatic nitrogens is 2. The number of benzene rings is 3. The Labute approximate surface area is 203 Å². The zero-order valence-corrected chi connectivity index (χ0v) is 19.4. The highest BCUT2D eigenvalue weighted by Gasteiger charge is 2.21. The molecule has 0 spiro atoms. The molecule has 1 saturated carbocycles. The maximum atomic E-state index is 13.0. The van der Waals surface area contributed by atoms with E-state index >= 15 is 0 Å². The van der Waals surface area contributed by atoms with Gasteiger partial charge in [-0.15, -0.1) is 0 Å². The van der Waals surface area contributed by atoms with Crippen molar-refractivity contribution in [1.29, 1.82) is 0 Å². The molecule has 5 rings (SSSR count). The first-order valence-electron chi connectivity index (χ1n) is 12.0. The summed E-state index contributed by atoms with van der Waals surface area (Å²) in [4.78, 5) is 38.7. The molecule has 0 N–H and O–H groups in total. The molecule has 0 aliphatic heterocycles. The second-order valence-corrected chi connectivity index (χ2v) is 8.90. The Hall–Kier alpha value is -4.06. The molecule has 0 saturated heterocycles. The largest absolute Gasteiger partial charge is 0.452 e. The van der Waals surface area contributed by atoms with E-state index in [9.17, 15) is 14.4 Å². The van der Waals surface area contributed by atoms with Crippen LogP contribution in [-0.2, 0) is 4.74 Å². The van der Waals surface area contributed by atoms with E-state index in [0.29, 0.717) is 27.9 Å². The van der Waals surface area contributed by atoms with E-state index in [0.717, 1.165) is 0 Å². The Balaban J connectivity index is 1.35. The number of nitrogens with zero attached hydrogens (tertiary/aromatic N) is 2. The van der Waals surface area contributed by atoms with Gasteiger partial charge in [0, 0.05) is 10.9 Å². The molecular weight excluding hydrogens is 440 g/mol. The predicted octanol–water partition coefficient (Wildman–Crippen LogP) is 5.47. The molecule has 6 heteroatoms. The number of ketones is 1. The van der Waals surface area contributed by atoms with E-state index in [1.165, 1.54) is 42.3 Å². The molecule has 1 aliphatic rings. The minimum Gasteiger partial charge on any atom is -0.452 e. The van der Waals surface area contributed by atoms with Crippen LogP contribution in [-0.4, -0.2) is 28.1 Å². The number of para-hydroxylation sites is 1. The van der Waals surface area contributed by atoms with Gasteiger partial charge in [-0.05, 0) is 42.5 Å². The van der Waals surface area contributed by atoms with Gasteiger partial charge in [-0.1, -0.05) is 79.9 Å². The average Bonchev–Trinajstić information content (AvgIpc) is 2.93. The van der Waals surface area contributed by atoms with Crippen LogP contribution in [0.5, 0.6) is 0 Å². The fraction of sp³-hybridized carbons (Fsp3) is 0.241. The number of esters is 1. The van der Waals surface area contributed by atoms with Crippen molar-refractivity contribution < 1.29 is 14.3 Å². The molecule has 1 aromatic heterocycles. The molecule has 35 heavy (non-hydrogen) atoms. The van der Waals surface area contributed by atoms with Crippen molar-refractivity contribution in [3.8, 4) is 5.69 Å². The lowest BCUT2D eigenvalue weighted by Crippen LogP contribution is -2.25. The number of rotatable bonds is 6. The van der Waals surface area contributed by atoms with Gasteiger partial charge in [0.1, 0.15) is 0 Å². The van der Waals surface area contributed by atoms with Crippen LogP contribution < -0.4 is 5.56 Å². The number of hydrogen-bond donors (Lipinski definition) is 0. The zero-order valence-electron chi connectivity index (χ0n) is 19.4. The predicted molar refractivity (Wildman–Crippen MR) is 134 cm³/mol. The van der Waals surface area contributed by atoms with Crippen LogP contribution in [0, 0.1) is 0 Å². The summed E-state index contributed by atoms with van der Waals surface area (Å²) < 4.78 is 6.55. The summed E-state index contributed by atoms with van der Waals surface area (Å²) in [5, 5.41) is 5.04. The third-order valence-corrected chi connectivity index (χ3v) is 6.64. The van der Waals surface area contributed by atoms with Gasteiger partial charge in [0.25, 0.3) is 5.56 Å². The standard InChI is InChI=1S/C29H26N2O4/c32-26(22-17-15-21(16-18-22)20-9-3-1-4-10-20)19-35-29(34)27-24-13-7-8-14-25(24)28(33)31(30-27)23-11-5-2-6-12-23/h2,5-8,11-18,20H,1,3-4,9-10,19H2. The molecule has 4 aromatic rings. The highest BCUT2D eigenvalue weighted by Crippen LogP contribution is 2.32. The quantitative estimate of drug-likeness (QED) is 0.278. The number of hydrogen-bond acceptors (Lipinski definition) is 5. The van der Waals surface area contributed by atoms with Gasteiger partial charge in [0.15, 0.2) is 18.1 Å².